The number of hydrogen-bond donors (Lipinski definition) is 0. The standard InChI is InChI=1S/C13H25NO2/c1-4-12-6-5-8-14(9-7-12)13(15)10-16-11(2)3/h11-12H,4-10H2,1-3H3. The van der Waals surface area contributed by atoms with Crippen LogP contribution in [0.2, 0.25) is 0 Å². The minimum absolute atomic E-state index is 0.138. The Morgan fingerprint density at radius 1 is 1.38 bits per heavy atom. The summed E-state index contributed by atoms with van der Waals surface area (Å²) in [7, 11) is 0. The van der Waals surface area contributed by atoms with Gasteiger partial charge in [-0.1, -0.05) is 13.3 Å². The molecule has 1 unspecified atom stereocenters. The fraction of sp³-hybridized carbons (Fsp3) is 0.923. The summed E-state index contributed by atoms with van der Waals surface area (Å²) >= 11 is 0. The molecule has 1 fully saturated rings. The molecule has 3 nitrogen and oxygen atoms in total. The van der Waals surface area contributed by atoms with E-state index in [1.165, 1.54) is 12.8 Å². The van der Waals surface area contributed by atoms with Crippen LogP contribution in [0.3, 0.4) is 0 Å². The number of rotatable bonds is 4. The van der Waals surface area contributed by atoms with Gasteiger partial charge in [-0.2, -0.15) is 0 Å². The summed E-state index contributed by atoms with van der Waals surface area (Å²) in [6, 6.07) is 0. The lowest BCUT2D eigenvalue weighted by molar-refractivity contribution is -0.137. The number of carbonyl (C=O) groups is 1. The first-order valence-corrected chi connectivity index (χ1v) is 6.52. The van der Waals surface area contributed by atoms with Crippen LogP contribution in [-0.2, 0) is 9.53 Å². The molecule has 1 aliphatic heterocycles. The average molecular weight is 227 g/mol. The Bertz CT molecular complexity index is 216. The molecule has 0 radical (unpaired) electrons. The van der Waals surface area contributed by atoms with Gasteiger partial charge < -0.3 is 9.64 Å². The molecule has 0 spiro atoms. The fourth-order valence-electron chi connectivity index (χ4n) is 2.15. The van der Waals surface area contributed by atoms with E-state index < -0.39 is 0 Å². The van der Waals surface area contributed by atoms with Crippen LogP contribution in [0.4, 0.5) is 0 Å². The van der Waals surface area contributed by atoms with Crippen LogP contribution < -0.4 is 0 Å². The van der Waals surface area contributed by atoms with Crippen LogP contribution in [0.15, 0.2) is 0 Å². The highest BCUT2D eigenvalue weighted by molar-refractivity contribution is 5.77. The van der Waals surface area contributed by atoms with Crippen LogP contribution in [0.1, 0.15) is 46.5 Å². The highest BCUT2D eigenvalue weighted by Crippen LogP contribution is 2.20. The van der Waals surface area contributed by atoms with Crippen molar-refractivity contribution in [1.82, 2.24) is 4.90 Å². The minimum Gasteiger partial charge on any atom is -0.369 e. The van der Waals surface area contributed by atoms with Crippen molar-refractivity contribution in [2.45, 2.75) is 52.6 Å². The van der Waals surface area contributed by atoms with Gasteiger partial charge in [-0.15, -0.1) is 0 Å². The van der Waals surface area contributed by atoms with Crippen molar-refractivity contribution >= 4 is 5.91 Å². The Morgan fingerprint density at radius 2 is 2.12 bits per heavy atom. The van der Waals surface area contributed by atoms with E-state index in [1.54, 1.807) is 0 Å². The monoisotopic (exact) mass is 227 g/mol. The Labute approximate surface area is 99.1 Å². The minimum atomic E-state index is 0.138. The molecule has 1 rings (SSSR count). The predicted octanol–water partition coefficient (Wildman–Crippen LogP) is 2.45. The molecule has 94 valence electrons. The third-order valence-corrected chi connectivity index (χ3v) is 3.32. The van der Waals surface area contributed by atoms with Crippen LogP contribution in [0.5, 0.6) is 0 Å². The lowest BCUT2D eigenvalue weighted by Gasteiger charge is -2.21. The highest BCUT2D eigenvalue weighted by Gasteiger charge is 2.19. The van der Waals surface area contributed by atoms with Gasteiger partial charge in [0.15, 0.2) is 0 Å². The van der Waals surface area contributed by atoms with Gasteiger partial charge in [0.05, 0.1) is 6.10 Å². The Hall–Kier alpha value is -0.570. The molecule has 1 amide bonds. The van der Waals surface area contributed by atoms with E-state index >= 15 is 0 Å². The number of likely N-dealkylation sites (tertiary alicyclic amines) is 1. The van der Waals surface area contributed by atoms with Crippen molar-refractivity contribution < 1.29 is 9.53 Å². The van der Waals surface area contributed by atoms with Crippen LogP contribution in [0, 0.1) is 5.92 Å². The normalized spacial score (nSPS) is 22.2. The maximum atomic E-state index is 11.9. The summed E-state index contributed by atoms with van der Waals surface area (Å²) in [5.74, 6) is 0.967. The van der Waals surface area contributed by atoms with Gasteiger partial charge in [-0.25, -0.2) is 0 Å². The molecule has 0 aliphatic carbocycles. The molecule has 1 aliphatic rings. The van der Waals surface area contributed by atoms with E-state index in [2.05, 4.69) is 6.92 Å². The number of amides is 1. The number of carbonyl (C=O) groups excluding carboxylic acids is 1. The lowest BCUT2D eigenvalue weighted by Crippen LogP contribution is -2.35. The van der Waals surface area contributed by atoms with Crippen molar-refractivity contribution in [3.05, 3.63) is 0 Å². The number of nitrogens with zero attached hydrogens (tertiary/aromatic N) is 1. The first-order valence-electron chi connectivity index (χ1n) is 6.52. The van der Waals surface area contributed by atoms with Crippen molar-refractivity contribution in [2.75, 3.05) is 19.7 Å². The maximum absolute atomic E-state index is 11.9. The van der Waals surface area contributed by atoms with E-state index in [1.807, 2.05) is 18.7 Å². The number of ether oxygens (including phenoxy) is 1. The maximum Gasteiger partial charge on any atom is 0.248 e. The molecule has 3 heteroatoms. The second kappa shape index (κ2) is 6.89. The molecule has 1 atom stereocenters. The molecule has 0 aromatic rings. The topological polar surface area (TPSA) is 29.5 Å². The molecule has 0 saturated carbocycles. The van der Waals surface area contributed by atoms with Gasteiger partial charge in [0, 0.05) is 13.1 Å². The average Bonchev–Trinajstić information content (AvgIpc) is 2.50. The van der Waals surface area contributed by atoms with Crippen molar-refractivity contribution in [3.63, 3.8) is 0 Å². The SMILES string of the molecule is CCC1CCCN(C(=O)COC(C)C)CC1. The summed E-state index contributed by atoms with van der Waals surface area (Å²) in [6.45, 7) is 8.24. The summed E-state index contributed by atoms with van der Waals surface area (Å²) in [4.78, 5) is 13.8. The van der Waals surface area contributed by atoms with Gasteiger partial charge in [0.2, 0.25) is 5.91 Å². The quantitative estimate of drug-likeness (QED) is 0.738. The predicted molar refractivity (Wildman–Crippen MR) is 65.3 cm³/mol. The summed E-state index contributed by atoms with van der Waals surface area (Å²) in [5.41, 5.74) is 0. The smallest absolute Gasteiger partial charge is 0.248 e. The van der Waals surface area contributed by atoms with Crippen LogP contribution in [0.25, 0.3) is 0 Å². The van der Waals surface area contributed by atoms with Crippen LogP contribution >= 0.6 is 0 Å². The van der Waals surface area contributed by atoms with E-state index in [4.69, 9.17) is 4.74 Å². The summed E-state index contributed by atoms with van der Waals surface area (Å²) in [5, 5.41) is 0. The molecular formula is C13H25NO2. The van der Waals surface area contributed by atoms with Gasteiger partial charge in [0.25, 0.3) is 0 Å². The molecule has 0 aromatic heterocycles. The van der Waals surface area contributed by atoms with Crippen molar-refractivity contribution in [1.29, 1.82) is 0 Å². The van der Waals surface area contributed by atoms with E-state index in [0.717, 1.165) is 31.8 Å². The molecule has 0 aromatic carbocycles. The second-order valence-corrected chi connectivity index (χ2v) is 4.95. The van der Waals surface area contributed by atoms with Gasteiger partial charge >= 0.3 is 0 Å². The zero-order valence-electron chi connectivity index (χ0n) is 10.9. The first kappa shape index (κ1) is 13.5. The fourth-order valence-corrected chi connectivity index (χ4v) is 2.15. The molecule has 0 bridgehead atoms. The molecule has 16 heavy (non-hydrogen) atoms. The number of hydrogen-bond acceptors (Lipinski definition) is 2. The van der Waals surface area contributed by atoms with E-state index in [0.29, 0.717) is 0 Å². The molecule has 1 heterocycles. The summed E-state index contributed by atoms with van der Waals surface area (Å²) in [6.07, 6.45) is 4.95. The molecule has 0 N–H and O–H groups in total. The Kier molecular flexibility index (Phi) is 5.81. The lowest BCUT2D eigenvalue weighted by atomic mass is 9.98. The van der Waals surface area contributed by atoms with Gasteiger partial charge in [-0.3, -0.25) is 4.79 Å². The van der Waals surface area contributed by atoms with Gasteiger partial charge in [0.1, 0.15) is 6.61 Å². The summed E-state index contributed by atoms with van der Waals surface area (Å²) < 4.78 is 5.36. The third-order valence-electron chi connectivity index (χ3n) is 3.32. The van der Waals surface area contributed by atoms with Gasteiger partial charge in [-0.05, 0) is 39.0 Å². The molecule has 1 saturated heterocycles. The Morgan fingerprint density at radius 3 is 2.75 bits per heavy atom. The van der Waals surface area contributed by atoms with Crippen molar-refractivity contribution in [2.24, 2.45) is 5.92 Å². The van der Waals surface area contributed by atoms with Crippen molar-refractivity contribution in [3.8, 4) is 0 Å². The van der Waals surface area contributed by atoms with E-state index in [9.17, 15) is 4.79 Å². The second-order valence-electron chi connectivity index (χ2n) is 4.95. The Balaban J connectivity index is 2.33. The largest absolute Gasteiger partial charge is 0.369 e. The zero-order valence-corrected chi connectivity index (χ0v) is 10.9. The third kappa shape index (κ3) is 4.52. The molecular weight excluding hydrogens is 202 g/mol. The zero-order chi connectivity index (χ0) is 12.0. The highest BCUT2D eigenvalue weighted by atomic mass is 16.5. The van der Waals surface area contributed by atoms with E-state index in [-0.39, 0.29) is 18.6 Å². The van der Waals surface area contributed by atoms with Crippen LogP contribution in [-0.4, -0.2) is 36.6 Å². The first-order chi connectivity index (χ1) is 7.63.